The zero-order chi connectivity index (χ0) is 13.9. The van der Waals surface area contributed by atoms with Crippen LogP contribution in [0.15, 0.2) is 42.7 Å². The van der Waals surface area contributed by atoms with Crippen LogP contribution in [0.5, 0.6) is 0 Å². The van der Waals surface area contributed by atoms with Crippen molar-refractivity contribution >= 4 is 11.0 Å². The molecule has 0 aliphatic carbocycles. The molecule has 0 atom stereocenters. The molecule has 0 aliphatic rings. The number of fused-ring (bicyclic) bond motifs is 1. The van der Waals surface area contributed by atoms with Gasteiger partial charge in [0.1, 0.15) is 5.82 Å². The van der Waals surface area contributed by atoms with Gasteiger partial charge in [0.2, 0.25) is 0 Å². The van der Waals surface area contributed by atoms with Gasteiger partial charge in [-0.3, -0.25) is 4.98 Å². The van der Waals surface area contributed by atoms with Crippen LogP contribution in [0.1, 0.15) is 12.5 Å². The number of aryl methyl sites for hydroxylation is 1. The standard InChI is InChI=1S/C16H18N4/c1-3-17-11-12-4-5-15-14(10-12)19-16(20(15)2)13-6-8-18-9-7-13/h4-10,17H,3,11H2,1-2H3. The summed E-state index contributed by atoms with van der Waals surface area (Å²) in [7, 11) is 2.05. The molecular formula is C16H18N4. The van der Waals surface area contributed by atoms with Crippen LogP contribution >= 0.6 is 0 Å². The molecule has 0 aliphatic heterocycles. The van der Waals surface area contributed by atoms with Gasteiger partial charge in [0.25, 0.3) is 0 Å². The van der Waals surface area contributed by atoms with E-state index < -0.39 is 0 Å². The Morgan fingerprint density at radius 1 is 1.15 bits per heavy atom. The minimum Gasteiger partial charge on any atom is -0.327 e. The first-order valence-electron chi connectivity index (χ1n) is 6.86. The molecule has 3 rings (SSSR count). The van der Waals surface area contributed by atoms with E-state index in [0.29, 0.717) is 0 Å². The Labute approximate surface area is 118 Å². The Morgan fingerprint density at radius 3 is 2.70 bits per heavy atom. The zero-order valence-corrected chi connectivity index (χ0v) is 11.8. The van der Waals surface area contributed by atoms with E-state index in [2.05, 4.69) is 47.0 Å². The second-order valence-electron chi connectivity index (χ2n) is 4.83. The first-order valence-corrected chi connectivity index (χ1v) is 6.86. The number of nitrogens with zero attached hydrogens (tertiary/aromatic N) is 3. The topological polar surface area (TPSA) is 42.7 Å². The summed E-state index contributed by atoms with van der Waals surface area (Å²) in [6, 6.07) is 10.4. The van der Waals surface area contributed by atoms with E-state index in [1.807, 2.05) is 12.1 Å². The first kappa shape index (κ1) is 12.8. The van der Waals surface area contributed by atoms with Crippen LogP contribution < -0.4 is 5.32 Å². The average molecular weight is 266 g/mol. The van der Waals surface area contributed by atoms with Crippen molar-refractivity contribution in [1.82, 2.24) is 19.9 Å². The highest BCUT2D eigenvalue weighted by Crippen LogP contribution is 2.23. The van der Waals surface area contributed by atoms with Gasteiger partial charge in [0, 0.05) is 31.5 Å². The van der Waals surface area contributed by atoms with Crippen molar-refractivity contribution in [2.45, 2.75) is 13.5 Å². The third kappa shape index (κ3) is 2.30. The molecule has 0 unspecified atom stereocenters. The van der Waals surface area contributed by atoms with Crippen LogP contribution in [-0.2, 0) is 13.6 Å². The van der Waals surface area contributed by atoms with Crippen LogP contribution in [0.3, 0.4) is 0 Å². The second kappa shape index (κ2) is 5.43. The molecule has 20 heavy (non-hydrogen) atoms. The quantitative estimate of drug-likeness (QED) is 0.789. The zero-order valence-electron chi connectivity index (χ0n) is 11.8. The Morgan fingerprint density at radius 2 is 1.95 bits per heavy atom. The van der Waals surface area contributed by atoms with Crippen LogP contribution in [0.4, 0.5) is 0 Å². The second-order valence-corrected chi connectivity index (χ2v) is 4.83. The Hall–Kier alpha value is -2.20. The van der Waals surface area contributed by atoms with Crippen LogP contribution in [-0.4, -0.2) is 21.1 Å². The van der Waals surface area contributed by atoms with E-state index in [1.165, 1.54) is 5.56 Å². The number of nitrogens with one attached hydrogen (secondary N) is 1. The van der Waals surface area contributed by atoms with Crippen molar-refractivity contribution in [2.75, 3.05) is 6.54 Å². The van der Waals surface area contributed by atoms with Crippen LogP contribution in [0.2, 0.25) is 0 Å². The highest BCUT2D eigenvalue weighted by molar-refractivity contribution is 5.81. The Bertz CT molecular complexity index is 716. The number of hydrogen-bond acceptors (Lipinski definition) is 3. The highest BCUT2D eigenvalue weighted by Gasteiger charge is 2.09. The molecule has 0 amide bonds. The van der Waals surface area contributed by atoms with Gasteiger partial charge in [-0.2, -0.15) is 0 Å². The van der Waals surface area contributed by atoms with Gasteiger partial charge in [-0.1, -0.05) is 13.0 Å². The summed E-state index contributed by atoms with van der Waals surface area (Å²) >= 11 is 0. The fourth-order valence-corrected chi connectivity index (χ4v) is 2.38. The van der Waals surface area contributed by atoms with Crippen molar-refractivity contribution in [3.63, 3.8) is 0 Å². The largest absolute Gasteiger partial charge is 0.327 e. The van der Waals surface area contributed by atoms with E-state index in [1.54, 1.807) is 12.4 Å². The molecule has 3 aromatic rings. The highest BCUT2D eigenvalue weighted by atomic mass is 15.1. The summed E-state index contributed by atoms with van der Waals surface area (Å²) in [4.78, 5) is 8.82. The summed E-state index contributed by atoms with van der Waals surface area (Å²) in [5, 5.41) is 3.34. The molecule has 1 aromatic carbocycles. The van der Waals surface area contributed by atoms with E-state index in [9.17, 15) is 0 Å². The Balaban J connectivity index is 2.05. The maximum atomic E-state index is 4.76. The maximum Gasteiger partial charge on any atom is 0.140 e. The number of imidazole rings is 1. The molecule has 0 saturated carbocycles. The minimum atomic E-state index is 0.883. The number of aromatic nitrogens is 3. The van der Waals surface area contributed by atoms with E-state index in [-0.39, 0.29) is 0 Å². The summed E-state index contributed by atoms with van der Waals surface area (Å²) in [6.45, 7) is 3.97. The van der Waals surface area contributed by atoms with Crippen molar-refractivity contribution < 1.29 is 0 Å². The molecule has 4 nitrogen and oxygen atoms in total. The predicted molar refractivity (Wildman–Crippen MR) is 81.3 cm³/mol. The third-order valence-electron chi connectivity index (χ3n) is 3.46. The van der Waals surface area contributed by atoms with Crippen molar-refractivity contribution in [3.8, 4) is 11.4 Å². The smallest absolute Gasteiger partial charge is 0.140 e. The van der Waals surface area contributed by atoms with Crippen molar-refractivity contribution in [1.29, 1.82) is 0 Å². The molecule has 0 bridgehead atoms. The summed E-state index contributed by atoms with van der Waals surface area (Å²) in [6.07, 6.45) is 3.59. The van der Waals surface area contributed by atoms with E-state index in [0.717, 1.165) is 35.5 Å². The normalized spacial score (nSPS) is 11.1. The summed E-state index contributed by atoms with van der Waals surface area (Å²) in [5.41, 5.74) is 4.54. The molecular weight excluding hydrogens is 248 g/mol. The minimum absolute atomic E-state index is 0.883. The van der Waals surface area contributed by atoms with Crippen molar-refractivity contribution in [3.05, 3.63) is 48.3 Å². The van der Waals surface area contributed by atoms with Crippen molar-refractivity contribution in [2.24, 2.45) is 7.05 Å². The fraction of sp³-hybridized carbons (Fsp3) is 0.250. The monoisotopic (exact) mass is 266 g/mol. The first-order chi connectivity index (χ1) is 9.79. The number of pyridine rings is 1. The summed E-state index contributed by atoms with van der Waals surface area (Å²) in [5.74, 6) is 0.975. The molecule has 0 fully saturated rings. The third-order valence-corrected chi connectivity index (χ3v) is 3.46. The van der Waals surface area contributed by atoms with Gasteiger partial charge in [-0.05, 0) is 36.4 Å². The molecule has 1 N–H and O–H groups in total. The van der Waals surface area contributed by atoms with E-state index >= 15 is 0 Å². The molecule has 102 valence electrons. The van der Waals surface area contributed by atoms with Gasteiger partial charge in [-0.25, -0.2) is 4.98 Å². The Kier molecular flexibility index (Phi) is 3.48. The summed E-state index contributed by atoms with van der Waals surface area (Å²) < 4.78 is 2.13. The average Bonchev–Trinajstić information content (AvgIpc) is 2.83. The number of rotatable bonds is 4. The maximum absolute atomic E-state index is 4.76. The SMILES string of the molecule is CCNCc1ccc2c(c1)nc(-c1ccncc1)n2C. The molecule has 4 heteroatoms. The number of benzene rings is 1. The molecule has 2 aromatic heterocycles. The lowest BCUT2D eigenvalue weighted by Gasteiger charge is -2.03. The van der Waals surface area contributed by atoms with Crippen LogP contribution in [0.25, 0.3) is 22.4 Å². The molecule has 0 saturated heterocycles. The van der Waals surface area contributed by atoms with Gasteiger partial charge in [-0.15, -0.1) is 0 Å². The lowest BCUT2D eigenvalue weighted by atomic mass is 10.2. The van der Waals surface area contributed by atoms with Crippen LogP contribution in [0, 0.1) is 0 Å². The molecule has 2 heterocycles. The van der Waals surface area contributed by atoms with Gasteiger partial charge < -0.3 is 9.88 Å². The lowest BCUT2D eigenvalue weighted by Crippen LogP contribution is -2.11. The molecule has 0 spiro atoms. The fourth-order valence-electron chi connectivity index (χ4n) is 2.38. The lowest BCUT2D eigenvalue weighted by molar-refractivity contribution is 0.727. The van der Waals surface area contributed by atoms with Gasteiger partial charge in [0.15, 0.2) is 0 Å². The number of hydrogen-bond donors (Lipinski definition) is 1. The molecule has 0 radical (unpaired) electrons. The van der Waals surface area contributed by atoms with E-state index in [4.69, 9.17) is 4.98 Å². The van der Waals surface area contributed by atoms with Gasteiger partial charge >= 0.3 is 0 Å². The van der Waals surface area contributed by atoms with Gasteiger partial charge in [0.05, 0.1) is 11.0 Å². The predicted octanol–water partition coefficient (Wildman–Crippen LogP) is 2.74.